The van der Waals surface area contributed by atoms with Crippen LogP contribution in [0.3, 0.4) is 0 Å². The lowest BCUT2D eigenvalue weighted by atomic mass is 10.1. The van der Waals surface area contributed by atoms with Gasteiger partial charge in [0.05, 0.1) is 12.6 Å². The number of nitrogens with one attached hydrogen (secondary N) is 1. The first-order valence-corrected chi connectivity index (χ1v) is 6.61. The van der Waals surface area contributed by atoms with Gasteiger partial charge in [0.1, 0.15) is 0 Å². The molecule has 0 spiro atoms. The Labute approximate surface area is 97.2 Å². The first-order chi connectivity index (χ1) is 7.40. The van der Waals surface area contributed by atoms with E-state index in [1.165, 1.54) is 10.4 Å². The van der Waals surface area contributed by atoms with E-state index in [0.717, 1.165) is 6.54 Å². The summed E-state index contributed by atoms with van der Waals surface area (Å²) in [5.74, 6) is 0. The summed E-state index contributed by atoms with van der Waals surface area (Å²) in [6.07, 6.45) is 0. The molecule has 2 aromatic rings. The highest BCUT2D eigenvalue weighted by Gasteiger charge is 2.09. The Kier molecular flexibility index (Phi) is 3.91. The third kappa shape index (κ3) is 2.89. The number of aliphatic hydroxyl groups is 1. The van der Waals surface area contributed by atoms with Gasteiger partial charge in [-0.2, -0.15) is 11.3 Å². The summed E-state index contributed by atoms with van der Waals surface area (Å²) >= 11 is 3.39. The average Bonchev–Trinajstić information content (AvgIpc) is 2.90. The lowest BCUT2D eigenvalue weighted by Crippen LogP contribution is -2.23. The summed E-state index contributed by atoms with van der Waals surface area (Å²) in [4.78, 5) is 1.30. The Bertz CT molecular complexity index is 369. The fourth-order valence-corrected chi connectivity index (χ4v) is 2.77. The fraction of sp³-hybridized carbons (Fsp3) is 0.273. The maximum Gasteiger partial charge on any atom is 0.0626 e. The van der Waals surface area contributed by atoms with Gasteiger partial charge < -0.3 is 10.4 Å². The quantitative estimate of drug-likeness (QED) is 0.840. The summed E-state index contributed by atoms with van der Waals surface area (Å²) in [6, 6.07) is 6.24. The molecule has 0 aliphatic carbocycles. The van der Waals surface area contributed by atoms with E-state index < -0.39 is 0 Å². The van der Waals surface area contributed by atoms with Gasteiger partial charge in [0, 0.05) is 11.4 Å². The minimum atomic E-state index is 0.0540. The summed E-state index contributed by atoms with van der Waals surface area (Å²) in [5.41, 5.74) is 1.17. The second-order valence-electron chi connectivity index (χ2n) is 3.25. The molecule has 2 N–H and O–H groups in total. The molecule has 0 radical (unpaired) electrons. The molecule has 0 aliphatic heterocycles. The van der Waals surface area contributed by atoms with Crippen LogP contribution in [-0.4, -0.2) is 11.7 Å². The first kappa shape index (κ1) is 10.8. The number of hydrogen-bond donors (Lipinski definition) is 2. The maximum atomic E-state index is 9.27. The highest BCUT2D eigenvalue weighted by molar-refractivity contribution is 7.09. The summed E-state index contributed by atoms with van der Waals surface area (Å²) in [5, 5.41) is 18.8. The van der Waals surface area contributed by atoms with E-state index >= 15 is 0 Å². The number of thiophene rings is 2. The number of rotatable bonds is 5. The molecule has 80 valence electrons. The molecule has 0 aliphatic rings. The van der Waals surface area contributed by atoms with Crippen LogP contribution in [0.1, 0.15) is 16.5 Å². The molecule has 0 bridgehead atoms. The molecule has 0 saturated heterocycles. The molecule has 1 unspecified atom stereocenters. The van der Waals surface area contributed by atoms with Crippen LogP contribution in [0, 0.1) is 0 Å². The van der Waals surface area contributed by atoms with Crippen molar-refractivity contribution in [3.05, 3.63) is 44.8 Å². The van der Waals surface area contributed by atoms with Crippen LogP contribution < -0.4 is 5.32 Å². The van der Waals surface area contributed by atoms with Crippen LogP contribution in [0.5, 0.6) is 0 Å². The second-order valence-corrected chi connectivity index (χ2v) is 5.06. The summed E-state index contributed by atoms with van der Waals surface area (Å²) < 4.78 is 0. The van der Waals surface area contributed by atoms with E-state index in [1.54, 1.807) is 22.7 Å². The van der Waals surface area contributed by atoms with Crippen molar-refractivity contribution >= 4 is 22.7 Å². The van der Waals surface area contributed by atoms with Gasteiger partial charge >= 0.3 is 0 Å². The van der Waals surface area contributed by atoms with Gasteiger partial charge in [0.15, 0.2) is 0 Å². The zero-order chi connectivity index (χ0) is 10.5. The smallest absolute Gasteiger partial charge is 0.0626 e. The predicted molar refractivity (Wildman–Crippen MR) is 65.3 cm³/mol. The third-order valence-electron chi connectivity index (χ3n) is 2.23. The van der Waals surface area contributed by atoms with Crippen molar-refractivity contribution < 1.29 is 5.11 Å². The predicted octanol–water partition coefficient (Wildman–Crippen LogP) is 2.63. The van der Waals surface area contributed by atoms with Crippen LogP contribution in [0.25, 0.3) is 0 Å². The van der Waals surface area contributed by atoms with E-state index in [1.807, 2.05) is 17.5 Å². The number of aliphatic hydroxyl groups excluding tert-OH is 1. The Balaban J connectivity index is 1.92. The molecule has 1 atom stereocenters. The standard InChI is InChI=1S/C11H13NOS2/c13-7-11(9-3-5-14-8-9)12-6-10-2-1-4-15-10/h1-5,8,11-13H,6-7H2. The first-order valence-electron chi connectivity index (χ1n) is 4.79. The normalized spacial score (nSPS) is 12.9. The van der Waals surface area contributed by atoms with Crippen LogP contribution >= 0.6 is 22.7 Å². The maximum absolute atomic E-state index is 9.27. The highest BCUT2D eigenvalue weighted by Crippen LogP contribution is 2.17. The zero-order valence-electron chi connectivity index (χ0n) is 8.22. The van der Waals surface area contributed by atoms with Gasteiger partial charge in [-0.05, 0) is 33.8 Å². The second kappa shape index (κ2) is 5.42. The molecule has 0 fully saturated rings. The highest BCUT2D eigenvalue weighted by atomic mass is 32.1. The molecule has 4 heteroatoms. The largest absolute Gasteiger partial charge is 0.394 e. The van der Waals surface area contributed by atoms with Gasteiger partial charge in [-0.15, -0.1) is 11.3 Å². The van der Waals surface area contributed by atoms with Gasteiger partial charge in [-0.25, -0.2) is 0 Å². The van der Waals surface area contributed by atoms with Crippen molar-refractivity contribution in [3.8, 4) is 0 Å². The van der Waals surface area contributed by atoms with Crippen molar-refractivity contribution in [1.82, 2.24) is 5.32 Å². The molecular formula is C11H13NOS2. The molecule has 0 saturated carbocycles. The minimum Gasteiger partial charge on any atom is -0.394 e. The van der Waals surface area contributed by atoms with Crippen molar-refractivity contribution in [3.63, 3.8) is 0 Å². The molecule has 15 heavy (non-hydrogen) atoms. The van der Waals surface area contributed by atoms with Crippen molar-refractivity contribution in [1.29, 1.82) is 0 Å². The van der Waals surface area contributed by atoms with Crippen LogP contribution in [0.2, 0.25) is 0 Å². The monoisotopic (exact) mass is 239 g/mol. The minimum absolute atomic E-state index is 0.0540. The summed E-state index contributed by atoms with van der Waals surface area (Å²) in [7, 11) is 0. The molecule has 2 heterocycles. The van der Waals surface area contributed by atoms with Gasteiger partial charge in [0.2, 0.25) is 0 Å². The zero-order valence-corrected chi connectivity index (χ0v) is 9.85. The lowest BCUT2D eigenvalue weighted by Gasteiger charge is -2.14. The van der Waals surface area contributed by atoms with Crippen molar-refractivity contribution in [2.24, 2.45) is 0 Å². The Morgan fingerprint density at radius 3 is 2.87 bits per heavy atom. The molecule has 0 amide bonds. The van der Waals surface area contributed by atoms with Gasteiger partial charge in [-0.1, -0.05) is 6.07 Å². The average molecular weight is 239 g/mol. The topological polar surface area (TPSA) is 32.3 Å². The Hall–Kier alpha value is -0.680. The fourth-order valence-electron chi connectivity index (χ4n) is 1.40. The van der Waals surface area contributed by atoms with E-state index in [2.05, 4.69) is 22.1 Å². The van der Waals surface area contributed by atoms with Crippen molar-refractivity contribution in [2.75, 3.05) is 6.61 Å². The molecule has 0 aromatic carbocycles. The lowest BCUT2D eigenvalue weighted by molar-refractivity contribution is 0.244. The van der Waals surface area contributed by atoms with E-state index in [-0.39, 0.29) is 12.6 Å². The van der Waals surface area contributed by atoms with Crippen LogP contribution in [0.15, 0.2) is 34.3 Å². The Morgan fingerprint density at radius 1 is 1.33 bits per heavy atom. The van der Waals surface area contributed by atoms with Crippen LogP contribution in [0.4, 0.5) is 0 Å². The van der Waals surface area contributed by atoms with E-state index in [0.29, 0.717) is 0 Å². The number of hydrogen-bond acceptors (Lipinski definition) is 4. The van der Waals surface area contributed by atoms with E-state index in [9.17, 15) is 5.11 Å². The summed E-state index contributed by atoms with van der Waals surface area (Å²) in [6.45, 7) is 0.959. The molecule has 2 rings (SSSR count). The Morgan fingerprint density at radius 2 is 2.27 bits per heavy atom. The van der Waals surface area contributed by atoms with Gasteiger partial charge in [0.25, 0.3) is 0 Å². The van der Waals surface area contributed by atoms with Gasteiger partial charge in [-0.3, -0.25) is 0 Å². The third-order valence-corrected chi connectivity index (χ3v) is 3.81. The molecule has 2 aromatic heterocycles. The van der Waals surface area contributed by atoms with Crippen LogP contribution in [-0.2, 0) is 6.54 Å². The molecular weight excluding hydrogens is 226 g/mol. The van der Waals surface area contributed by atoms with Crippen molar-refractivity contribution in [2.45, 2.75) is 12.6 Å². The molecule has 2 nitrogen and oxygen atoms in total. The van der Waals surface area contributed by atoms with E-state index in [4.69, 9.17) is 0 Å². The SMILES string of the molecule is OCC(NCc1cccs1)c1ccsc1.